The summed E-state index contributed by atoms with van der Waals surface area (Å²) < 4.78 is 1.83. The largest absolute Gasteiger partial charge is 0.382 e. The molecule has 2 N–H and O–H groups in total. The number of aromatic nitrogens is 4. The number of Topliss-reactive ketones (excluding diaryl/α,β-unsaturated/α-hetero) is 1. The van der Waals surface area contributed by atoms with Gasteiger partial charge in [0.2, 0.25) is 0 Å². The van der Waals surface area contributed by atoms with Gasteiger partial charge in [0.25, 0.3) is 0 Å². The second-order valence-electron chi connectivity index (χ2n) is 5.41. The molecule has 21 heavy (non-hydrogen) atoms. The van der Waals surface area contributed by atoms with Gasteiger partial charge in [0, 0.05) is 0 Å². The second-order valence-corrected chi connectivity index (χ2v) is 5.41. The van der Waals surface area contributed by atoms with Gasteiger partial charge in [-0.2, -0.15) is 0 Å². The van der Waals surface area contributed by atoms with Crippen LogP contribution in [0.5, 0.6) is 0 Å². The Morgan fingerprint density at radius 1 is 1.24 bits per heavy atom. The molecule has 6 nitrogen and oxygen atoms in total. The first-order chi connectivity index (χ1) is 10.1. The van der Waals surface area contributed by atoms with E-state index in [9.17, 15) is 4.79 Å². The van der Waals surface area contributed by atoms with E-state index in [1.54, 1.807) is 13.3 Å². The van der Waals surface area contributed by atoms with Gasteiger partial charge in [0.05, 0.1) is 12.4 Å². The number of carbonyl (C=O) groups excluding carboxylic acids is 1. The van der Waals surface area contributed by atoms with Crippen LogP contribution in [-0.2, 0) is 4.79 Å². The highest BCUT2D eigenvalue weighted by Crippen LogP contribution is 2.23. The summed E-state index contributed by atoms with van der Waals surface area (Å²) in [4.78, 5) is 24.4. The minimum Gasteiger partial charge on any atom is -0.382 e. The summed E-state index contributed by atoms with van der Waals surface area (Å²) in [5.41, 5.74) is 6.99. The summed E-state index contributed by atoms with van der Waals surface area (Å²) in [5.74, 6) is 0.478. The molecule has 0 fully saturated rings. The maximum Gasteiger partial charge on any atom is 0.166 e. The number of unbranched alkanes of at least 4 members (excludes halogenated alkanes) is 4. The van der Waals surface area contributed by atoms with Gasteiger partial charge in [-0.15, -0.1) is 0 Å². The maximum absolute atomic E-state index is 12.0. The number of hydrogen-bond donors (Lipinski definition) is 1. The Kier molecular flexibility index (Phi) is 5.25. The van der Waals surface area contributed by atoms with Crippen LogP contribution < -0.4 is 5.73 Å². The van der Waals surface area contributed by atoms with Gasteiger partial charge in [-0.3, -0.25) is 4.79 Å². The monoisotopic (exact) mass is 289 g/mol. The highest BCUT2D eigenvalue weighted by molar-refractivity contribution is 5.85. The van der Waals surface area contributed by atoms with Crippen LogP contribution in [0.4, 0.5) is 5.82 Å². The standard InChI is InChI=1S/C15H23N5O/c1-3-4-5-6-7-8-12(11(2)21)20-10-19-13-14(16)17-9-18-15(13)20/h9-10,12H,3-8H2,1-2H3,(H2,16,17,18). The number of imidazole rings is 1. The molecule has 2 aromatic rings. The summed E-state index contributed by atoms with van der Waals surface area (Å²) in [6.07, 6.45) is 9.75. The van der Waals surface area contributed by atoms with E-state index in [0.29, 0.717) is 17.0 Å². The maximum atomic E-state index is 12.0. The Morgan fingerprint density at radius 2 is 2.00 bits per heavy atom. The van der Waals surface area contributed by atoms with Crippen LogP contribution in [0, 0.1) is 0 Å². The zero-order chi connectivity index (χ0) is 15.2. The number of rotatable bonds is 8. The van der Waals surface area contributed by atoms with Crippen LogP contribution in [-0.4, -0.2) is 25.3 Å². The van der Waals surface area contributed by atoms with E-state index < -0.39 is 0 Å². The molecule has 0 aromatic carbocycles. The van der Waals surface area contributed by atoms with Crippen LogP contribution >= 0.6 is 0 Å². The summed E-state index contributed by atoms with van der Waals surface area (Å²) in [7, 11) is 0. The highest BCUT2D eigenvalue weighted by Gasteiger charge is 2.20. The van der Waals surface area contributed by atoms with E-state index in [4.69, 9.17) is 5.73 Å². The summed E-state index contributed by atoms with van der Waals surface area (Å²) >= 11 is 0. The van der Waals surface area contributed by atoms with Crippen molar-refractivity contribution < 1.29 is 4.79 Å². The first-order valence-electron chi connectivity index (χ1n) is 7.58. The Balaban J connectivity index is 2.13. The van der Waals surface area contributed by atoms with Crippen LogP contribution in [0.3, 0.4) is 0 Å². The van der Waals surface area contributed by atoms with Crippen molar-refractivity contribution in [3.8, 4) is 0 Å². The Hall–Kier alpha value is -1.98. The molecule has 0 aliphatic rings. The fourth-order valence-electron chi connectivity index (χ4n) is 2.58. The zero-order valence-corrected chi connectivity index (χ0v) is 12.7. The quantitative estimate of drug-likeness (QED) is 0.755. The molecule has 0 bridgehead atoms. The van der Waals surface area contributed by atoms with Crippen molar-refractivity contribution in [2.24, 2.45) is 0 Å². The lowest BCUT2D eigenvalue weighted by Crippen LogP contribution is -2.16. The second kappa shape index (κ2) is 7.15. The Bertz CT molecular complexity index is 607. The minimum atomic E-state index is -0.217. The van der Waals surface area contributed by atoms with Crippen molar-refractivity contribution >= 4 is 22.8 Å². The van der Waals surface area contributed by atoms with Crippen LogP contribution in [0.1, 0.15) is 58.4 Å². The topological polar surface area (TPSA) is 86.7 Å². The molecular weight excluding hydrogens is 266 g/mol. The number of fused-ring (bicyclic) bond motifs is 1. The van der Waals surface area contributed by atoms with Crippen molar-refractivity contribution in [3.05, 3.63) is 12.7 Å². The lowest BCUT2D eigenvalue weighted by atomic mass is 10.0. The fraction of sp³-hybridized carbons (Fsp3) is 0.600. The number of anilines is 1. The van der Waals surface area contributed by atoms with E-state index >= 15 is 0 Å². The number of ketones is 1. The van der Waals surface area contributed by atoms with E-state index in [-0.39, 0.29) is 11.8 Å². The number of nitrogens with two attached hydrogens (primary N) is 1. The summed E-state index contributed by atoms with van der Waals surface area (Å²) in [6.45, 7) is 3.81. The molecule has 0 radical (unpaired) electrons. The third-order valence-corrected chi connectivity index (χ3v) is 3.77. The predicted molar refractivity (Wildman–Crippen MR) is 82.8 cm³/mol. The molecule has 0 amide bonds. The molecule has 0 aliphatic carbocycles. The van der Waals surface area contributed by atoms with E-state index in [2.05, 4.69) is 21.9 Å². The zero-order valence-electron chi connectivity index (χ0n) is 12.7. The van der Waals surface area contributed by atoms with Crippen molar-refractivity contribution in [2.45, 2.75) is 58.4 Å². The molecule has 2 heterocycles. The van der Waals surface area contributed by atoms with Gasteiger partial charge in [-0.25, -0.2) is 15.0 Å². The van der Waals surface area contributed by atoms with E-state index in [1.807, 2.05) is 4.57 Å². The average Bonchev–Trinajstić information content (AvgIpc) is 2.88. The number of nitrogen functional groups attached to an aromatic ring is 1. The molecule has 0 saturated carbocycles. The molecular formula is C15H23N5O. The number of carbonyl (C=O) groups is 1. The normalized spacial score (nSPS) is 12.7. The van der Waals surface area contributed by atoms with Crippen molar-refractivity contribution in [1.29, 1.82) is 0 Å². The molecule has 6 heteroatoms. The summed E-state index contributed by atoms with van der Waals surface area (Å²) in [6, 6.07) is -0.217. The lowest BCUT2D eigenvalue weighted by molar-refractivity contribution is -0.120. The molecule has 2 rings (SSSR count). The van der Waals surface area contributed by atoms with Gasteiger partial charge in [0.1, 0.15) is 11.8 Å². The van der Waals surface area contributed by atoms with E-state index in [1.165, 1.54) is 25.6 Å². The molecule has 0 aliphatic heterocycles. The Morgan fingerprint density at radius 3 is 2.71 bits per heavy atom. The number of hydrogen-bond acceptors (Lipinski definition) is 5. The van der Waals surface area contributed by atoms with Crippen molar-refractivity contribution in [2.75, 3.05) is 5.73 Å². The van der Waals surface area contributed by atoms with Gasteiger partial charge in [-0.1, -0.05) is 39.0 Å². The van der Waals surface area contributed by atoms with E-state index in [0.717, 1.165) is 19.3 Å². The van der Waals surface area contributed by atoms with Crippen molar-refractivity contribution in [1.82, 2.24) is 19.5 Å². The lowest BCUT2D eigenvalue weighted by Gasteiger charge is -2.15. The SMILES string of the molecule is CCCCCCCC(C(C)=O)n1cnc2c(N)ncnc21. The molecule has 1 unspecified atom stereocenters. The van der Waals surface area contributed by atoms with Gasteiger partial charge < -0.3 is 10.3 Å². The molecule has 0 spiro atoms. The van der Waals surface area contributed by atoms with Crippen molar-refractivity contribution in [3.63, 3.8) is 0 Å². The molecule has 0 saturated heterocycles. The smallest absolute Gasteiger partial charge is 0.166 e. The first-order valence-corrected chi connectivity index (χ1v) is 7.58. The minimum absolute atomic E-state index is 0.127. The molecule has 1 atom stereocenters. The first kappa shape index (κ1) is 15.4. The highest BCUT2D eigenvalue weighted by atomic mass is 16.1. The molecule has 2 aromatic heterocycles. The van der Waals surface area contributed by atoms with Crippen LogP contribution in [0.2, 0.25) is 0 Å². The van der Waals surface area contributed by atoms with Gasteiger partial charge in [-0.05, 0) is 13.3 Å². The average molecular weight is 289 g/mol. The predicted octanol–water partition coefficient (Wildman–Crippen LogP) is 2.90. The Labute approximate surface area is 124 Å². The fourth-order valence-corrected chi connectivity index (χ4v) is 2.58. The van der Waals surface area contributed by atoms with Crippen LogP contribution in [0.15, 0.2) is 12.7 Å². The van der Waals surface area contributed by atoms with Crippen LogP contribution in [0.25, 0.3) is 11.2 Å². The van der Waals surface area contributed by atoms with Gasteiger partial charge >= 0.3 is 0 Å². The third kappa shape index (κ3) is 3.56. The number of nitrogens with zero attached hydrogens (tertiary/aromatic N) is 4. The summed E-state index contributed by atoms with van der Waals surface area (Å²) in [5, 5.41) is 0. The van der Waals surface area contributed by atoms with Gasteiger partial charge in [0.15, 0.2) is 17.2 Å². The third-order valence-electron chi connectivity index (χ3n) is 3.77. The molecule has 114 valence electrons.